The second kappa shape index (κ2) is 7.51. The van der Waals surface area contributed by atoms with Crippen LogP contribution in [0, 0.1) is 0 Å². The van der Waals surface area contributed by atoms with Gasteiger partial charge in [-0.1, -0.05) is 43.3 Å². The quantitative estimate of drug-likeness (QED) is 0.860. The zero-order valence-corrected chi connectivity index (χ0v) is 14.9. The number of carbonyl (C=O) groups excluding carboxylic acids is 2. The molecule has 1 aliphatic heterocycles. The summed E-state index contributed by atoms with van der Waals surface area (Å²) in [5, 5.41) is 0. The molecule has 2 amide bonds. The van der Waals surface area contributed by atoms with Crippen molar-refractivity contribution in [2.45, 2.75) is 33.2 Å². The maximum atomic E-state index is 12.8. The molecule has 0 saturated carbocycles. The van der Waals surface area contributed by atoms with Crippen LogP contribution in [0.15, 0.2) is 48.5 Å². The van der Waals surface area contributed by atoms with Crippen molar-refractivity contribution in [1.29, 1.82) is 0 Å². The van der Waals surface area contributed by atoms with Crippen LogP contribution in [0.1, 0.15) is 30.5 Å². The van der Waals surface area contributed by atoms with Gasteiger partial charge in [-0.05, 0) is 41.7 Å². The van der Waals surface area contributed by atoms with E-state index in [4.69, 9.17) is 0 Å². The van der Waals surface area contributed by atoms with Crippen molar-refractivity contribution in [2.24, 2.45) is 0 Å². The van der Waals surface area contributed by atoms with Crippen molar-refractivity contribution in [3.05, 3.63) is 65.2 Å². The van der Waals surface area contributed by atoms with E-state index in [1.807, 2.05) is 41.3 Å². The van der Waals surface area contributed by atoms with E-state index in [2.05, 4.69) is 19.1 Å². The zero-order valence-electron chi connectivity index (χ0n) is 14.9. The van der Waals surface area contributed by atoms with Crippen molar-refractivity contribution in [1.82, 2.24) is 4.90 Å². The molecule has 0 saturated heterocycles. The topological polar surface area (TPSA) is 40.6 Å². The van der Waals surface area contributed by atoms with Crippen LogP contribution in [0.3, 0.4) is 0 Å². The SMILES string of the molecule is CCc1ccc(N(CC(=O)N2CCc3ccccc3C2)C(C)=O)cc1. The van der Waals surface area contributed by atoms with Crippen molar-refractivity contribution < 1.29 is 9.59 Å². The summed E-state index contributed by atoms with van der Waals surface area (Å²) in [5.41, 5.74) is 4.50. The van der Waals surface area contributed by atoms with Crippen LogP contribution in [-0.2, 0) is 29.0 Å². The average Bonchev–Trinajstić information content (AvgIpc) is 2.65. The van der Waals surface area contributed by atoms with E-state index in [-0.39, 0.29) is 18.4 Å². The van der Waals surface area contributed by atoms with Gasteiger partial charge in [-0.2, -0.15) is 0 Å². The minimum absolute atomic E-state index is 0.00993. The Bertz CT molecular complexity index is 768. The summed E-state index contributed by atoms with van der Waals surface area (Å²) in [4.78, 5) is 28.2. The molecule has 0 bridgehead atoms. The van der Waals surface area contributed by atoms with Crippen LogP contribution in [0.25, 0.3) is 0 Å². The highest BCUT2D eigenvalue weighted by Gasteiger charge is 2.23. The molecule has 1 aliphatic rings. The highest BCUT2D eigenvalue weighted by atomic mass is 16.2. The molecule has 2 aromatic rings. The molecule has 0 aromatic heterocycles. The number of anilines is 1. The van der Waals surface area contributed by atoms with E-state index in [0.29, 0.717) is 13.1 Å². The summed E-state index contributed by atoms with van der Waals surface area (Å²) in [7, 11) is 0. The lowest BCUT2D eigenvalue weighted by Gasteiger charge is -2.31. The van der Waals surface area contributed by atoms with Gasteiger partial charge < -0.3 is 9.80 Å². The first-order valence-corrected chi connectivity index (χ1v) is 8.80. The molecule has 0 aliphatic carbocycles. The third kappa shape index (κ3) is 3.90. The van der Waals surface area contributed by atoms with Crippen molar-refractivity contribution in [3.8, 4) is 0 Å². The van der Waals surface area contributed by atoms with Crippen molar-refractivity contribution in [3.63, 3.8) is 0 Å². The molecule has 0 fully saturated rings. The average molecular weight is 336 g/mol. The van der Waals surface area contributed by atoms with E-state index >= 15 is 0 Å². The van der Waals surface area contributed by atoms with Gasteiger partial charge in [0.25, 0.3) is 0 Å². The van der Waals surface area contributed by atoms with Crippen LogP contribution >= 0.6 is 0 Å². The van der Waals surface area contributed by atoms with E-state index < -0.39 is 0 Å². The Morgan fingerprint density at radius 1 is 1.04 bits per heavy atom. The second-order valence-electron chi connectivity index (χ2n) is 6.46. The molecule has 2 aromatic carbocycles. The zero-order chi connectivity index (χ0) is 17.8. The molecule has 25 heavy (non-hydrogen) atoms. The molecule has 4 heteroatoms. The normalized spacial score (nSPS) is 13.3. The van der Waals surface area contributed by atoms with Crippen LogP contribution in [0.5, 0.6) is 0 Å². The number of hydrogen-bond donors (Lipinski definition) is 0. The first-order chi connectivity index (χ1) is 12.1. The van der Waals surface area contributed by atoms with Gasteiger partial charge in [0.1, 0.15) is 6.54 Å². The Morgan fingerprint density at radius 2 is 1.72 bits per heavy atom. The monoisotopic (exact) mass is 336 g/mol. The highest BCUT2D eigenvalue weighted by Crippen LogP contribution is 2.20. The summed E-state index contributed by atoms with van der Waals surface area (Å²) in [6.07, 6.45) is 1.82. The van der Waals surface area contributed by atoms with Gasteiger partial charge in [0.15, 0.2) is 0 Å². The summed E-state index contributed by atoms with van der Waals surface area (Å²) >= 11 is 0. The Kier molecular flexibility index (Phi) is 5.17. The van der Waals surface area contributed by atoms with E-state index in [9.17, 15) is 9.59 Å². The molecular formula is C21H24N2O2. The molecule has 0 radical (unpaired) electrons. The second-order valence-corrected chi connectivity index (χ2v) is 6.46. The van der Waals surface area contributed by atoms with Gasteiger partial charge in [-0.15, -0.1) is 0 Å². The summed E-state index contributed by atoms with van der Waals surface area (Å²) in [6, 6.07) is 16.1. The van der Waals surface area contributed by atoms with Gasteiger partial charge in [0.2, 0.25) is 11.8 Å². The lowest BCUT2D eigenvalue weighted by Crippen LogP contribution is -2.44. The maximum absolute atomic E-state index is 12.8. The van der Waals surface area contributed by atoms with Gasteiger partial charge in [-0.3, -0.25) is 9.59 Å². The van der Waals surface area contributed by atoms with E-state index in [1.54, 1.807) is 4.90 Å². The molecule has 0 atom stereocenters. The van der Waals surface area contributed by atoms with Gasteiger partial charge in [-0.25, -0.2) is 0 Å². The predicted octanol–water partition coefficient (Wildman–Crippen LogP) is 3.19. The number of rotatable bonds is 4. The predicted molar refractivity (Wildman–Crippen MR) is 99.4 cm³/mol. The number of carbonyl (C=O) groups is 2. The summed E-state index contributed by atoms with van der Waals surface area (Å²) in [6.45, 7) is 5.01. The van der Waals surface area contributed by atoms with Crippen LogP contribution < -0.4 is 4.90 Å². The Labute approximate surface area is 149 Å². The molecule has 4 nitrogen and oxygen atoms in total. The summed E-state index contributed by atoms with van der Waals surface area (Å²) < 4.78 is 0. The molecular weight excluding hydrogens is 312 g/mol. The lowest BCUT2D eigenvalue weighted by atomic mass is 10.00. The Hall–Kier alpha value is -2.62. The van der Waals surface area contributed by atoms with Gasteiger partial charge >= 0.3 is 0 Å². The largest absolute Gasteiger partial charge is 0.336 e. The molecule has 1 heterocycles. The highest BCUT2D eigenvalue weighted by molar-refractivity contribution is 5.97. The van der Waals surface area contributed by atoms with Crippen LogP contribution in [0.2, 0.25) is 0 Å². The number of amides is 2. The molecule has 130 valence electrons. The standard InChI is InChI=1S/C21H24N2O2/c1-3-17-8-10-20(11-9-17)23(16(2)24)15-21(25)22-13-12-18-6-4-5-7-19(18)14-22/h4-11H,3,12-15H2,1-2H3. The first-order valence-electron chi connectivity index (χ1n) is 8.80. The third-order valence-corrected chi connectivity index (χ3v) is 4.81. The van der Waals surface area contributed by atoms with Gasteiger partial charge in [0.05, 0.1) is 0 Å². The van der Waals surface area contributed by atoms with Crippen LogP contribution in [0.4, 0.5) is 5.69 Å². The molecule has 0 spiro atoms. The van der Waals surface area contributed by atoms with E-state index in [1.165, 1.54) is 23.6 Å². The number of benzene rings is 2. The first kappa shape index (κ1) is 17.2. The summed E-state index contributed by atoms with van der Waals surface area (Å²) in [5.74, 6) is -0.126. The third-order valence-electron chi connectivity index (χ3n) is 4.81. The Balaban J connectivity index is 1.72. The maximum Gasteiger partial charge on any atom is 0.242 e. The van der Waals surface area contributed by atoms with Crippen LogP contribution in [-0.4, -0.2) is 29.8 Å². The Morgan fingerprint density at radius 3 is 2.36 bits per heavy atom. The van der Waals surface area contributed by atoms with Crippen molar-refractivity contribution >= 4 is 17.5 Å². The number of hydrogen-bond acceptors (Lipinski definition) is 2. The molecule has 0 N–H and O–H groups in total. The lowest BCUT2D eigenvalue weighted by molar-refractivity contribution is -0.132. The van der Waals surface area contributed by atoms with Crippen molar-refractivity contribution in [2.75, 3.05) is 18.0 Å². The number of aryl methyl sites for hydroxylation is 1. The van der Waals surface area contributed by atoms with Gasteiger partial charge in [0, 0.05) is 25.7 Å². The minimum Gasteiger partial charge on any atom is -0.336 e. The van der Waals surface area contributed by atoms with E-state index in [0.717, 1.165) is 18.5 Å². The molecule has 3 rings (SSSR count). The number of fused-ring (bicyclic) bond motifs is 1. The number of nitrogens with zero attached hydrogens (tertiary/aromatic N) is 2. The fourth-order valence-electron chi connectivity index (χ4n) is 3.24. The fourth-order valence-corrected chi connectivity index (χ4v) is 3.24. The molecule has 0 unspecified atom stereocenters. The smallest absolute Gasteiger partial charge is 0.242 e. The fraction of sp³-hybridized carbons (Fsp3) is 0.333. The minimum atomic E-state index is -0.116.